The van der Waals surface area contributed by atoms with Crippen molar-refractivity contribution >= 4 is 34.5 Å². The number of benzene rings is 2. The Morgan fingerprint density at radius 1 is 1.08 bits per heavy atom. The van der Waals surface area contributed by atoms with Crippen LogP contribution in [0.25, 0.3) is 22.1 Å². The molecule has 0 radical (unpaired) electrons. The van der Waals surface area contributed by atoms with Gasteiger partial charge in [0.25, 0.3) is 0 Å². The van der Waals surface area contributed by atoms with Gasteiger partial charge in [-0.1, -0.05) is 41.7 Å². The summed E-state index contributed by atoms with van der Waals surface area (Å²) in [5.41, 5.74) is 2.86. The summed E-state index contributed by atoms with van der Waals surface area (Å²) in [6.45, 7) is 2.31. The second kappa shape index (κ2) is 6.74. The first-order valence-corrected chi connectivity index (χ1v) is 8.96. The summed E-state index contributed by atoms with van der Waals surface area (Å²) in [5.74, 6) is 0.712. The van der Waals surface area contributed by atoms with Crippen LogP contribution in [-0.2, 0) is 6.61 Å². The normalized spacial score (nSPS) is 10.9. The second-order valence-electron chi connectivity index (χ2n) is 5.51. The van der Waals surface area contributed by atoms with Gasteiger partial charge in [-0.05, 0) is 42.4 Å². The summed E-state index contributed by atoms with van der Waals surface area (Å²) in [5, 5.41) is 10.8. The van der Waals surface area contributed by atoms with E-state index < -0.39 is 0 Å². The molecule has 0 spiro atoms. The molecule has 0 N–H and O–H groups in total. The monoisotopic (exact) mass is 366 g/mol. The number of fused-ring (bicyclic) bond motifs is 1. The lowest BCUT2D eigenvalue weighted by Crippen LogP contribution is -1.95. The Labute approximate surface area is 153 Å². The van der Waals surface area contributed by atoms with Crippen LogP contribution in [0.15, 0.2) is 59.0 Å². The van der Waals surface area contributed by atoms with E-state index in [4.69, 9.17) is 21.4 Å². The quantitative estimate of drug-likeness (QED) is 0.442. The van der Waals surface area contributed by atoms with Gasteiger partial charge in [0.2, 0.25) is 0 Å². The summed E-state index contributed by atoms with van der Waals surface area (Å²) in [6.07, 6.45) is 0. The zero-order valence-electron chi connectivity index (χ0n) is 13.4. The Morgan fingerprint density at radius 3 is 2.68 bits per heavy atom. The van der Waals surface area contributed by atoms with Crippen LogP contribution >= 0.6 is 23.6 Å². The molecule has 2 heterocycles. The number of rotatable bonds is 4. The lowest BCUT2D eigenvalue weighted by molar-refractivity contribution is 0.304. The minimum Gasteiger partial charge on any atom is -0.486 e. The molecule has 2 aromatic carbocycles. The molecule has 0 saturated heterocycles. The molecule has 0 unspecified atom stereocenters. The van der Waals surface area contributed by atoms with Gasteiger partial charge in [0.1, 0.15) is 22.9 Å². The Balaban J connectivity index is 1.70. The number of aryl methyl sites for hydroxylation is 1. The third-order valence-corrected chi connectivity index (χ3v) is 4.74. The lowest BCUT2D eigenvalue weighted by Gasteiger charge is -2.09. The summed E-state index contributed by atoms with van der Waals surface area (Å²) in [6, 6.07) is 17.8. The third kappa shape index (κ3) is 3.45. The first kappa shape index (κ1) is 15.9. The predicted octanol–water partition coefficient (Wildman–Crippen LogP) is 5.57. The van der Waals surface area contributed by atoms with Crippen LogP contribution in [0.2, 0.25) is 0 Å². The minimum atomic E-state index is 0.385. The van der Waals surface area contributed by atoms with Crippen LogP contribution in [0.1, 0.15) is 10.0 Å². The van der Waals surface area contributed by atoms with E-state index in [1.807, 2.05) is 49.4 Å². The van der Waals surface area contributed by atoms with Crippen molar-refractivity contribution in [3.63, 3.8) is 0 Å². The molecule has 0 aliphatic rings. The molecule has 4 rings (SSSR count). The van der Waals surface area contributed by atoms with Gasteiger partial charge in [0.15, 0.2) is 9.71 Å². The molecule has 0 aliphatic carbocycles. The smallest absolute Gasteiger partial charge is 0.191 e. The number of hydrogen-bond donors (Lipinski definition) is 0. The van der Waals surface area contributed by atoms with Crippen molar-refractivity contribution in [2.75, 3.05) is 0 Å². The van der Waals surface area contributed by atoms with Crippen molar-refractivity contribution < 1.29 is 9.15 Å². The highest BCUT2D eigenvalue weighted by Crippen LogP contribution is 2.31. The second-order valence-corrected chi connectivity index (χ2v) is 7.18. The molecule has 0 aliphatic heterocycles. The van der Waals surface area contributed by atoms with E-state index in [1.54, 1.807) is 0 Å². The van der Waals surface area contributed by atoms with Crippen LogP contribution in [0, 0.1) is 11.6 Å². The Bertz CT molecular complexity index is 1090. The van der Waals surface area contributed by atoms with Crippen LogP contribution in [-0.4, -0.2) is 10.2 Å². The molecule has 0 fully saturated rings. The molecule has 0 atom stereocenters. The van der Waals surface area contributed by atoms with E-state index >= 15 is 0 Å². The summed E-state index contributed by atoms with van der Waals surface area (Å²) >= 11 is 6.82. The molecule has 2 aromatic heterocycles. The van der Waals surface area contributed by atoms with Gasteiger partial charge in [-0.3, -0.25) is 0 Å². The van der Waals surface area contributed by atoms with Crippen molar-refractivity contribution in [3.05, 3.63) is 69.3 Å². The van der Waals surface area contributed by atoms with Gasteiger partial charge in [-0.15, -0.1) is 10.2 Å². The van der Waals surface area contributed by atoms with Crippen LogP contribution in [0.3, 0.4) is 0 Å². The Morgan fingerprint density at radius 2 is 1.92 bits per heavy atom. The maximum absolute atomic E-state index is 5.81. The zero-order chi connectivity index (χ0) is 17.2. The first-order valence-electron chi connectivity index (χ1n) is 7.74. The number of ether oxygens (including phenoxy) is 1. The molecule has 25 heavy (non-hydrogen) atoms. The van der Waals surface area contributed by atoms with Gasteiger partial charge in [0.05, 0.1) is 0 Å². The van der Waals surface area contributed by atoms with Gasteiger partial charge in [0, 0.05) is 17.5 Å². The van der Waals surface area contributed by atoms with Crippen molar-refractivity contribution in [1.82, 2.24) is 10.2 Å². The summed E-state index contributed by atoms with van der Waals surface area (Å²) in [4.78, 5) is 0. The van der Waals surface area contributed by atoms with Gasteiger partial charge < -0.3 is 9.15 Å². The van der Waals surface area contributed by atoms with E-state index in [1.165, 1.54) is 11.3 Å². The fourth-order valence-corrected chi connectivity index (χ4v) is 3.46. The van der Waals surface area contributed by atoms with Crippen molar-refractivity contribution in [2.24, 2.45) is 0 Å². The Hall–Kier alpha value is -2.57. The number of hydrogen-bond acceptors (Lipinski definition) is 6. The molecular formula is C19H14N2O2S2. The average Bonchev–Trinajstić information content (AvgIpc) is 3.05. The van der Waals surface area contributed by atoms with E-state index in [0.29, 0.717) is 22.6 Å². The molecule has 0 saturated carbocycles. The first-order chi connectivity index (χ1) is 12.2. The van der Waals surface area contributed by atoms with Gasteiger partial charge >= 0.3 is 0 Å². The summed E-state index contributed by atoms with van der Waals surface area (Å²) < 4.78 is 12.0. The highest BCUT2D eigenvalue weighted by Gasteiger charge is 2.09. The van der Waals surface area contributed by atoms with E-state index in [-0.39, 0.29) is 0 Å². The van der Waals surface area contributed by atoms with E-state index in [9.17, 15) is 0 Å². The van der Waals surface area contributed by atoms with Crippen molar-refractivity contribution in [1.29, 1.82) is 0 Å². The molecule has 0 amide bonds. The molecule has 124 valence electrons. The SMILES string of the molecule is Cc1nnc(COc2ccc3c(-c4ccccc4)cc(=S)oc3c2)s1. The fraction of sp³-hybridized carbons (Fsp3) is 0.105. The van der Waals surface area contributed by atoms with E-state index in [0.717, 1.165) is 26.5 Å². The largest absolute Gasteiger partial charge is 0.486 e. The number of nitrogens with zero attached hydrogens (tertiary/aromatic N) is 2. The molecule has 4 aromatic rings. The molecular weight excluding hydrogens is 352 g/mol. The third-order valence-electron chi connectivity index (χ3n) is 3.73. The maximum atomic E-state index is 5.81. The molecule has 6 heteroatoms. The van der Waals surface area contributed by atoms with Crippen LogP contribution < -0.4 is 4.74 Å². The van der Waals surface area contributed by atoms with Gasteiger partial charge in [-0.2, -0.15) is 0 Å². The predicted molar refractivity (Wildman–Crippen MR) is 101 cm³/mol. The topological polar surface area (TPSA) is 48.2 Å². The Kier molecular flexibility index (Phi) is 4.29. The zero-order valence-corrected chi connectivity index (χ0v) is 15.1. The average molecular weight is 366 g/mol. The highest BCUT2D eigenvalue weighted by atomic mass is 32.1. The highest BCUT2D eigenvalue weighted by molar-refractivity contribution is 7.71. The standard InChI is InChI=1S/C19H14N2O2S2/c1-12-20-21-18(25-12)11-22-14-7-8-15-16(13-5-3-2-4-6-13)10-19(24)23-17(15)9-14/h2-10H,11H2,1H3. The summed E-state index contributed by atoms with van der Waals surface area (Å²) in [7, 11) is 0. The lowest BCUT2D eigenvalue weighted by atomic mass is 10.0. The van der Waals surface area contributed by atoms with Gasteiger partial charge in [-0.25, -0.2) is 0 Å². The van der Waals surface area contributed by atoms with E-state index in [2.05, 4.69) is 22.3 Å². The molecule has 0 bridgehead atoms. The van der Waals surface area contributed by atoms with Crippen LogP contribution in [0.4, 0.5) is 0 Å². The van der Waals surface area contributed by atoms with Crippen molar-refractivity contribution in [2.45, 2.75) is 13.5 Å². The fourth-order valence-electron chi connectivity index (χ4n) is 2.63. The number of aromatic nitrogens is 2. The van der Waals surface area contributed by atoms with Crippen molar-refractivity contribution in [3.8, 4) is 16.9 Å². The minimum absolute atomic E-state index is 0.385. The maximum Gasteiger partial charge on any atom is 0.191 e. The van der Waals surface area contributed by atoms with Crippen LogP contribution in [0.5, 0.6) is 5.75 Å². The molecule has 4 nitrogen and oxygen atoms in total.